The van der Waals surface area contributed by atoms with Crippen LogP contribution in [0.1, 0.15) is 5.56 Å². The van der Waals surface area contributed by atoms with Crippen LogP contribution in [0.15, 0.2) is 83.7 Å². The zero-order valence-electron chi connectivity index (χ0n) is 13.4. The summed E-state index contributed by atoms with van der Waals surface area (Å²) in [6, 6.07) is 26.2. The first kappa shape index (κ1) is 14.5. The van der Waals surface area contributed by atoms with Crippen LogP contribution in [0.4, 0.5) is 0 Å². The predicted octanol–water partition coefficient (Wildman–Crippen LogP) is 5.17. The number of H-pyrrole nitrogens is 1. The van der Waals surface area contributed by atoms with Gasteiger partial charge in [0, 0.05) is 16.5 Å². The van der Waals surface area contributed by atoms with Crippen LogP contribution in [0.5, 0.6) is 0 Å². The summed E-state index contributed by atoms with van der Waals surface area (Å²) in [5.74, 6) is 0. The SMILES string of the molecule is Cc1c(-c2ccc(-c3ccccc3)cc2)[nH]c2ccccc2c1=O. The first-order chi connectivity index (χ1) is 11.7. The Hall–Kier alpha value is -3.13. The maximum absolute atomic E-state index is 12.6. The van der Waals surface area contributed by atoms with Crippen molar-refractivity contribution in [1.82, 2.24) is 4.98 Å². The van der Waals surface area contributed by atoms with Crippen LogP contribution in [0.2, 0.25) is 0 Å². The van der Waals surface area contributed by atoms with E-state index < -0.39 is 0 Å². The number of aromatic amines is 1. The number of para-hydroxylation sites is 1. The molecule has 0 radical (unpaired) electrons. The second-order valence-electron chi connectivity index (χ2n) is 5.94. The minimum Gasteiger partial charge on any atom is -0.354 e. The van der Waals surface area contributed by atoms with Gasteiger partial charge in [-0.2, -0.15) is 0 Å². The Morgan fingerprint density at radius 3 is 2.00 bits per heavy atom. The van der Waals surface area contributed by atoms with E-state index in [9.17, 15) is 4.79 Å². The summed E-state index contributed by atoms with van der Waals surface area (Å²) in [5, 5.41) is 0.736. The second kappa shape index (κ2) is 5.82. The summed E-state index contributed by atoms with van der Waals surface area (Å²) in [4.78, 5) is 16.0. The van der Waals surface area contributed by atoms with Crippen molar-refractivity contribution in [3.05, 3.63) is 94.6 Å². The van der Waals surface area contributed by atoms with Crippen molar-refractivity contribution in [2.75, 3.05) is 0 Å². The maximum atomic E-state index is 12.6. The molecule has 4 rings (SSSR count). The quantitative estimate of drug-likeness (QED) is 0.544. The fourth-order valence-electron chi connectivity index (χ4n) is 3.08. The molecule has 1 N–H and O–H groups in total. The molecule has 1 heterocycles. The van der Waals surface area contributed by atoms with Gasteiger partial charge in [0.15, 0.2) is 5.43 Å². The van der Waals surface area contributed by atoms with E-state index in [2.05, 4.69) is 41.4 Å². The van der Waals surface area contributed by atoms with Gasteiger partial charge in [-0.15, -0.1) is 0 Å². The van der Waals surface area contributed by atoms with Crippen LogP contribution in [0.25, 0.3) is 33.3 Å². The summed E-state index contributed by atoms with van der Waals surface area (Å²) < 4.78 is 0. The van der Waals surface area contributed by atoms with E-state index in [-0.39, 0.29) is 5.43 Å². The molecular weight excluding hydrogens is 294 g/mol. The molecule has 0 unspecified atom stereocenters. The summed E-state index contributed by atoms with van der Waals surface area (Å²) in [6.45, 7) is 1.88. The Bertz CT molecular complexity index is 1060. The van der Waals surface area contributed by atoms with E-state index in [4.69, 9.17) is 0 Å². The summed E-state index contributed by atoms with van der Waals surface area (Å²) in [6.07, 6.45) is 0. The lowest BCUT2D eigenvalue weighted by Gasteiger charge is -2.10. The normalized spacial score (nSPS) is 10.9. The van der Waals surface area contributed by atoms with E-state index in [1.165, 1.54) is 11.1 Å². The average molecular weight is 311 g/mol. The minimum atomic E-state index is 0.0893. The monoisotopic (exact) mass is 311 g/mol. The first-order valence-corrected chi connectivity index (χ1v) is 8.01. The van der Waals surface area contributed by atoms with Crippen LogP contribution in [-0.4, -0.2) is 4.98 Å². The van der Waals surface area contributed by atoms with Gasteiger partial charge in [-0.1, -0.05) is 66.7 Å². The van der Waals surface area contributed by atoms with Gasteiger partial charge in [0.25, 0.3) is 0 Å². The fourth-order valence-corrected chi connectivity index (χ4v) is 3.08. The van der Waals surface area contributed by atoms with Crippen molar-refractivity contribution in [2.24, 2.45) is 0 Å². The molecule has 0 spiro atoms. The van der Waals surface area contributed by atoms with Crippen LogP contribution in [-0.2, 0) is 0 Å². The number of pyridine rings is 1. The van der Waals surface area contributed by atoms with Gasteiger partial charge < -0.3 is 4.98 Å². The van der Waals surface area contributed by atoms with Crippen LogP contribution >= 0.6 is 0 Å². The lowest BCUT2D eigenvalue weighted by atomic mass is 10.00. The van der Waals surface area contributed by atoms with Gasteiger partial charge in [0.05, 0.1) is 5.69 Å². The molecule has 24 heavy (non-hydrogen) atoms. The first-order valence-electron chi connectivity index (χ1n) is 8.01. The third-order valence-electron chi connectivity index (χ3n) is 4.43. The Labute approximate surface area is 140 Å². The Morgan fingerprint density at radius 1 is 0.667 bits per heavy atom. The molecule has 0 saturated carbocycles. The van der Waals surface area contributed by atoms with E-state index in [1.807, 2.05) is 49.4 Å². The van der Waals surface area contributed by atoms with Crippen LogP contribution in [0.3, 0.4) is 0 Å². The average Bonchev–Trinajstić information content (AvgIpc) is 2.66. The molecule has 0 fully saturated rings. The maximum Gasteiger partial charge on any atom is 0.192 e. The minimum absolute atomic E-state index is 0.0893. The number of nitrogens with one attached hydrogen (secondary N) is 1. The molecule has 2 nitrogen and oxygen atoms in total. The highest BCUT2D eigenvalue weighted by Gasteiger charge is 2.09. The van der Waals surface area contributed by atoms with E-state index >= 15 is 0 Å². The largest absolute Gasteiger partial charge is 0.354 e. The highest BCUT2D eigenvalue weighted by Crippen LogP contribution is 2.26. The Balaban J connectivity index is 1.83. The smallest absolute Gasteiger partial charge is 0.192 e. The number of benzene rings is 3. The van der Waals surface area contributed by atoms with Gasteiger partial charge in [-0.05, 0) is 35.7 Å². The predicted molar refractivity (Wildman–Crippen MR) is 100 cm³/mol. The summed E-state index contributed by atoms with van der Waals surface area (Å²) in [5.41, 5.74) is 5.98. The van der Waals surface area contributed by atoms with Crippen molar-refractivity contribution in [3.8, 4) is 22.4 Å². The zero-order chi connectivity index (χ0) is 16.5. The molecule has 0 aliphatic heterocycles. The molecule has 0 saturated heterocycles. The van der Waals surface area contributed by atoms with E-state index in [0.717, 1.165) is 27.7 Å². The standard InChI is InChI=1S/C22H17NO/c1-15-21(23-20-10-6-5-9-19(20)22(15)24)18-13-11-17(12-14-18)16-7-3-2-4-8-16/h2-14H,1H3,(H,23,24). The molecular formula is C22H17NO. The molecule has 3 aromatic carbocycles. The zero-order valence-corrected chi connectivity index (χ0v) is 13.4. The Kier molecular flexibility index (Phi) is 3.51. The number of hydrogen-bond donors (Lipinski definition) is 1. The van der Waals surface area contributed by atoms with E-state index in [1.54, 1.807) is 0 Å². The summed E-state index contributed by atoms with van der Waals surface area (Å²) in [7, 11) is 0. The van der Waals surface area contributed by atoms with Gasteiger partial charge in [0.2, 0.25) is 0 Å². The van der Waals surface area contributed by atoms with Gasteiger partial charge in [-0.3, -0.25) is 4.79 Å². The molecule has 2 heteroatoms. The number of aromatic nitrogens is 1. The van der Waals surface area contributed by atoms with Crippen molar-refractivity contribution < 1.29 is 0 Å². The lowest BCUT2D eigenvalue weighted by Crippen LogP contribution is -2.09. The highest BCUT2D eigenvalue weighted by atomic mass is 16.1. The van der Waals surface area contributed by atoms with Crippen molar-refractivity contribution >= 4 is 10.9 Å². The van der Waals surface area contributed by atoms with Crippen LogP contribution < -0.4 is 5.43 Å². The number of rotatable bonds is 2. The van der Waals surface area contributed by atoms with Gasteiger partial charge in [0.1, 0.15) is 0 Å². The molecule has 0 atom stereocenters. The topological polar surface area (TPSA) is 32.9 Å². The molecule has 0 amide bonds. The van der Waals surface area contributed by atoms with Gasteiger partial charge >= 0.3 is 0 Å². The molecule has 0 aliphatic carbocycles. The van der Waals surface area contributed by atoms with Crippen LogP contribution in [0, 0.1) is 6.92 Å². The number of fused-ring (bicyclic) bond motifs is 1. The number of hydrogen-bond acceptors (Lipinski definition) is 1. The van der Waals surface area contributed by atoms with Gasteiger partial charge in [-0.25, -0.2) is 0 Å². The van der Waals surface area contributed by atoms with Crippen molar-refractivity contribution in [2.45, 2.75) is 6.92 Å². The molecule has 116 valence electrons. The third-order valence-corrected chi connectivity index (χ3v) is 4.43. The highest BCUT2D eigenvalue weighted by molar-refractivity contribution is 5.83. The van der Waals surface area contributed by atoms with E-state index in [0.29, 0.717) is 0 Å². The molecule has 0 bridgehead atoms. The third kappa shape index (κ3) is 2.42. The fraction of sp³-hybridized carbons (Fsp3) is 0.0455. The second-order valence-corrected chi connectivity index (χ2v) is 5.94. The molecule has 0 aliphatic rings. The molecule has 1 aromatic heterocycles. The van der Waals surface area contributed by atoms with Crippen molar-refractivity contribution in [3.63, 3.8) is 0 Å². The lowest BCUT2D eigenvalue weighted by molar-refractivity contribution is 1.30. The van der Waals surface area contributed by atoms with Crippen molar-refractivity contribution in [1.29, 1.82) is 0 Å². The molecule has 4 aromatic rings. The Morgan fingerprint density at radius 2 is 1.25 bits per heavy atom. The summed E-state index contributed by atoms with van der Waals surface area (Å²) >= 11 is 0.